The minimum absolute atomic E-state index is 0.0164. The van der Waals surface area contributed by atoms with Crippen molar-refractivity contribution in [1.82, 2.24) is 19.9 Å². The average molecular weight is 419 g/mol. The van der Waals surface area contributed by atoms with Crippen molar-refractivity contribution in [2.24, 2.45) is 11.7 Å². The van der Waals surface area contributed by atoms with Crippen molar-refractivity contribution >= 4 is 28.6 Å². The summed E-state index contributed by atoms with van der Waals surface area (Å²) in [4.78, 5) is 29.0. The molecular formula is C19H20F3N7O. The highest BCUT2D eigenvalue weighted by Crippen LogP contribution is 2.31. The molecule has 4 heterocycles. The van der Waals surface area contributed by atoms with E-state index in [1.165, 1.54) is 18.6 Å². The lowest BCUT2D eigenvalue weighted by Gasteiger charge is -2.38. The number of alkyl halides is 3. The normalized spacial score (nSPS) is 19.8. The SMILES string of the molecule is C[C@H]1CN(c2ccc(C(F)(F)F)cn2)CC[C@H]1Nc1c(C(N)=O)cnc2nc[nH]c12. The lowest BCUT2D eigenvalue weighted by molar-refractivity contribution is -0.137. The van der Waals surface area contributed by atoms with Crippen LogP contribution in [-0.2, 0) is 6.18 Å². The van der Waals surface area contributed by atoms with Gasteiger partial charge in [0.15, 0.2) is 5.65 Å². The number of fused-ring (bicyclic) bond motifs is 1. The summed E-state index contributed by atoms with van der Waals surface area (Å²) in [5.41, 5.74) is 6.64. The summed E-state index contributed by atoms with van der Waals surface area (Å²) in [5, 5.41) is 3.40. The number of amides is 1. The molecule has 0 unspecified atom stereocenters. The number of primary amides is 1. The summed E-state index contributed by atoms with van der Waals surface area (Å²) >= 11 is 0. The molecule has 158 valence electrons. The molecule has 0 radical (unpaired) electrons. The molecule has 0 spiro atoms. The zero-order chi connectivity index (χ0) is 21.5. The van der Waals surface area contributed by atoms with Crippen LogP contribution in [0.4, 0.5) is 24.7 Å². The summed E-state index contributed by atoms with van der Waals surface area (Å²) in [6, 6.07) is 2.45. The Morgan fingerprint density at radius 3 is 2.70 bits per heavy atom. The summed E-state index contributed by atoms with van der Waals surface area (Å²) in [6.07, 6.45) is 0.0432. The molecule has 4 N–H and O–H groups in total. The van der Waals surface area contributed by atoms with E-state index in [1.807, 2.05) is 11.8 Å². The van der Waals surface area contributed by atoms with Crippen LogP contribution >= 0.6 is 0 Å². The van der Waals surface area contributed by atoms with Crippen molar-refractivity contribution in [2.75, 3.05) is 23.3 Å². The summed E-state index contributed by atoms with van der Waals surface area (Å²) in [6.45, 7) is 3.23. The maximum absolute atomic E-state index is 12.8. The number of carbonyl (C=O) groups is 1. The van der Waals surface area contributed by atoms with Crippen molar-refractivity contribution in [2.45, 2.75) is 25.6 Å². The largest absolute Gasteiger partial charge is 0.417 e. The third-order valence-electron chi connectivity index (χ3n) is 5.35. The Kier molecular flexibility index (Phi) is 4.96. The predicted octanol–water partition coefficient (Wildman–Crippen LogP) is 2.80. The van der Waals surface area contributed by atoms with Crippen LogP contribution in [0.1, 0.15) is 29.3 Å². The molecular weight excluding hydrogens is 399 g/mol. The predicted molar refractivity (Wildman–Crippen MR) is 105 cm³/mol. The van der Waals surface area contributed by atoms with Crippen LogP contribution in [0.15, 0.2) is 30.9 Å². The van der Waals surface area contributed by atoms with Gasteiger partial charge in [0.05, 0.1) is 23.1 Å². The van der Waals surface area contributed by atoms with Gasteiger partial charge in [-0.2, -0.15) is 13.2 Å². The first-order chi connectivity index (χ1) is 14.2. The first-order valence-corrected chi connectivity index (χ1v) is 9.40. The van der Waals surface area contributed by atoms with Gasteiger partial charge in [0, 0.05) is 31.5 Å². The number of nitrogens with zero attached hydrogens (tertiary/aromatic N) is 4. The molecule has 0 aliphatic carbocycles. The van der Waals surface area contributed by atoms with Gasteiger partial charge in [-0.25, -0.2) is 15.0 Å². The molecule has 0 aromatic carbocycles. The molecule has 11 heteroatoms. The standard InChI is InChI=1S/C19H20F3N7O/c1-10-8-29(14-3-2-11(6-24-14)19(20,21)22)5-4-13(10)28-15-12(17(23)30)7-25-18-16(15)26-9-27-18/h2-3,6-7,9-10,13H,4-5,8H2,1H3,(H2,23,30)(H2,25,26,27,28)/t10-,13+/m0/s1. The van der Waals surface area contributed by atoms with Crippen molar-refractivity contribution < 1.29 is 18.0 Å². The lowest BCUT2D eigenvalue weighted by Crippen LogP contribution is -2.45. The van der Waals surface area contributed by atoms with Gasteiger partial charge in [-0.1, -0.05) is 6.92 Å². The van der Waals surface area contributed by atoms with E-state index in [2.05, 4.69) is 25.3 Å². The van der Waals surface area contributed by atoms with Crippen LogP contribution in [0.2, 0.25) is 0 Å². The van der Waals surface area contributed by atoms with Gasteiger partial charge in [0.25, 0.3) is 5.91 Å². The van der Waals surface area contributed by atoms with Gasteiger partial charge < -0.3 is 20.9 Å². The number of hydrogen-bond donors (Lipinski definition) is 3. The fourth-order valence-electron chi connectivity index (χ4n) is 3.72. The Hall–Kier alpha value is -3.37. The number of rotatable bonds is 4. The van der Waals surface area contributed by atoms with Crippen LogP contribution in [0.3, 0.4) is 0 Å². The molecule has 1 aliphatic heterocycles. The molecule has 3 aromatic rings. The van der Waals surface area contributed by atoms with Crippen molar-refractivity contribution in [3.63, 3.8) is 0 Å². The van der Waals surface area contributed by atoms with E-state index in [1.54, 1.807) is 0 Å². The Morgan fingerprint density at radius 2 is 2.07 bits per heavy atom. The van der Waals surface area contributed by atoms with Crippen molar-refractivity contribution in [1.29, 1.82) is 0 Å². The van der Waals surface area contributed by atoms with Gasteiger partial charge in [-0.15, -0.1) is 0 Å². The van der Waals surface area contributed by atoms with Gasteiger partial charge in [-0.3, -0.25) is 4.79 Å². The number of aromatic amines is 1. The van der Waals surface area contributed by atoms with E-state index in [4.69, 9.17) is 5.73 Å². The van der Waals surface area contributed by atoms with Gasteiger partial charge >= 0.3 is 6.18 Å². The van der Waals surface area contributed by atoms with Gasteiger partial charge in [0.2, 0.25) is 0 Å². The number of aromatic nitrogens is 4. The number of anilines is 2. The van der Waals surface area contributed by atoms with E-state index in [-0.39, 0.29) is 17.5 Å². The molecule has 3 aromatic heterocycles. The zero-order valence-corrected chi connectivity index (χ0v) is 16.1. The second kappa shape index (κ2) is 7.47. The Labute approximate surface area is 169 Å². The van der Waals surface area contributed by atoms with E-state index in [9.17, 15) is 18.0 Å². The van der Waals surface area contributed by atoms with E-state index in [0.717, 1.165) is 12.3 Å². The van der Waals surface area contributed by atoms with Crippen LogP contribution < -0.4 is 16.0 Å². The van der Waals surface area contributed by atoms with E-state index in [0.29, 0.717) is 42.2 Å². The Balaban J connectivity index is 1.51. The van der Waals surface area contributed by atoms with Gasteiger partial charge in [-0.05, 0) is 24.5 Å². The number of carbonyl (C=O) groups excluding carboxylic acids is 1. The summed E-state index contributed by atoms with van der Waals surface area (Å²) in [7, 11) is 0. The van der Waals surface area contributed by atoms with Crippen LogP contribution in [0.5, 0.6) is 0 Å². The summed E-state index contributed by atoms with van der Waals surface area (Å²) in [5.74, 6) is 0.0289. The lowest BCUT2D eigenvalue weighted by atomic mass is 9.93. The van der Waals surface area contributed by atoms with E-state index < -0.39 is 17.6 Å². The molecule has 1 saturated heterocycles. The number of hydrogen-bond acceptors (Lipinski definition) is 6. The maximum atomic E-state index is 12.8. The Morgan fingerprint density at radius 1 is 1.27 bits per heavy atom. The topological polar surface area (TPSA) is 113 Å². The highest BCUT2D eigenvalue weighted by molar-refractivity contribution is 6.04. The minimum atomic E-state index is -4.41. The molecule has 1 amide bonds. The first kappa shape index (κ1) is 19.9. The second-order valence-electron chi connectivity index (χ2n) is 7.38. The molecule has 0 saturated carbocycles. The Bertz CT molecular complexity index is 1060. The van der Waals surface area contributed by atoms with Crippen LogP contribution in [0.25, 0.3) is 11.2 Å². The van der Waals surface area contributed by atoms with Crippen molar-refractivity contribution in [3.05, 3.63) is 42.0 Å². The number of nitrogens with one attached hydrogen (secondary N) is 2. The molecule has 4 rings (SSSR count). The third-order valence-corrected chi connectivity index (χ3v) is 5.35. The zero-order valence-electron chi connectivity index (χ0n) is 16.1. The quantitative estimate of drug-likeness (QED) is 0.599. The third kappa shape index (κ3) is 3.74. The van der Waals surface area contributed by atoms with Gasteiger partial charge in [0.1, 0.15) is 11.3 Å². The smallest absolute Gasteiger partial charge is 0.379 e. The minimum Gasteiger partial charge on any atom is -0.379 e. The molecule has 30 heavy (non-hydrogen) atoms. The van der Waals surface area contributed by atoms with Crippen molar-refractivity contribution in [3.8, 4) is 0 Å². The fourth-order valence-corrected chi connectivity index (χ4v) is 3.72. The maximum Gasteiger partial charge on any atom is 0.417 e. The average Bonchev–Trinajstić information content (AvgIpc) is 3.18. The number of pyridine rings is 2. The van der Waals surface area contributed by atoms with E-state index >= 15 is 0 Å². The van der Waals surface area contributed by atoms with Crippen LogP contribution in [0, 0.1) is 5.92 Å². The summed E-state index contributed by atoms with van der Waals surface area (Å²) < 4.78 is 38.3. The molecule has 1 fully saturated rings. The van der Waals surface area contributed by atoms with Crippen LogP contribution in [-0.4, -0.2) is 45.0 Å². The number of imidazole rings is 1. The highest BCUT2D eigenvalue weighted by atomic mass is 19.4. The molecule has 2 atom stereocenters. The first-order valence-electron chi connectivity index (χ1n) is 9.40. The number of halogens is 3. The molecule has 1 aliphatic rings. The number of piperidine rings is 1. The highest BCUT2D eigenvalue weighted by Gasteiger charge is 2.32. The number of nitrogens with two attached hydrogens (primary N) is 1. The number of H-pyrrole nitrogens is 1. The molecule has 0 bridgehead atoms. The molecule has 8 nitrogen and oxygen atoms in total. The monoisotopic (exact) mass is 419 g/mol. The fraction of sp³-hybridized carbons (Fsp3) is 0.368. The second-order valence-corrected chi connectivity index (χ2v) is 7.38.